The van der Waals surface area contributed by atoms with Gasteiger partial charge in [-0.2, -0.15) is 5.10 Å². The summed E-state index contributed by atoms with van der Waals surface area (Å²) in [6.07, 6.45) is 6.11. The van der Waals surface area contributed by atoms with E-state index in [2.05, 4.69) is 22.0 Å². The molecule has 2 aromatic rings. The molecule has 1 N–H and O–H groups in total. The van der Waals surface area contributed by atoms with Crippen molar-refractivity contribution in [2.24, 2.45) is 0 Å². The Labute approximate surface area is 117 Å². The van der Waals surface area contributed by atoms with E-state index in [0.717, 1.165) is 0 Å². The van der Waals surface area contributed by atoms with E-state index < -0.39 is 6.10 Å². The van der Waals surface area contributed by atoms with E-state index in [-0.39, 0.29) is 5.91 Å². The normalized spacial score (nSPS) is 11.8. The molecular formula is C14H16N4O2. The molecule has 2 rings (SSSR count). The van der Waals surface area contributed by atoms with Gasteiger partial charge in [0.2, 0.25) is 0 Å². The Morgan fingerprint density at radius 3 is 3.05 bits per heavy atom. The Bertz CT molecular complexity index is 563. The number of nitrogens with zero attached hydrogens (tertiary/aromatic N) is 3. The fourth-order valence-electron chi connectivity index (χ4n) is 1.53. The molecule has 2 heterocycles. The van der Waals surface area contributed by atoms with E-state index in [4.69, 9.17) is 4.74 Å². The van der Waals surface area contributed by atoms with Gasteiger partial charge in [-0.1, -0.05) is 6.08 Å². The minimum Gasteiger partial charge on any atom is -0.365 e. The quantitative estimate of drug-likeness (QED) is 0.814. The molecule has 0 aliphatic heterocycles. The molecule has 0 saturated heterocycles. The molecule has 0 aliphatic carbocycles. The fraction of sp³-hybridized carbons (Fsp3) is 0.214. The van der Waals surface area contributed by atoms with Crippen LogP contribution in [0.4, 0.5) is 5.69 Å². The van der Waals surface area contributed by atoms with Crippen molar-refractivity contribution in [3.63, 3.8) is 0 Å². The number of amides is 1. The average molecular weight is 272 g/mol. The minimum absolute atomic E-state index is 0.222. The Kier molecular flexibility index (Phi) is 4.62. The van der Waals surface area contributed by atoms with Crippen LogP contribution in [0, 0.1) is 0 Å². The standard InChI is InChI=1S/C14H16N4O2/c1-3-9-20-11(2)14(19)17-12-5-6-13(15-10-12)18-8-4-7-16-18/h3-8,10-11H,1,9H2,2H3,(H,17,19)/t11-/m1/s1. The minimum atomic E-state index is -0.543. The molecular weight excluding hydrogens is 256 g/mol. The van der Waals surface area contributed by atoms with E-state index in [9.17, 15) is 4.79 Å². The second-order valence-electron chi connectivity index (χ2n) is 4.11. The fourth-order valence-corrected chi connectivity index (χ4v) is 1.53. The zero-order valence-corrected chi connectivity index (χ0v) is 11.2. The van der Waals surface area contributed by atoms with E-state index >= 15 is 0 Å². The van der Waals surface area contributed by atoms with Gasteiger partial charge in [0.1, 0.15) is 6.10 Å². The van der Waals surface area contributed by atoms with E-state index in [0.29, 0.717) is 18.1 Å². The molecule has 0 saturated carbocycles. The van der Waals surface area contributed by atoms with Crippen LogP contribution in [0.5, 0.6) is 0 Å². The lowest BCUT2D eigenvalue weighted by atomic mass is 10.3. The van der Waals surface area contributed by atoms with Crippen molar-refractivity contribution in [1.82, 2.24) is 14.8 Å². The Balaban J connectivity index is 1.97. The number of nitrogens with one attached hydrogen (secondary N) is 1. The maximum Gasteiger partial charge on any atom is 0.253 e. The van der Waals surface area contributed by atoms with Crippen LogP contribution < -0.4 is 5.32 Å². The maximum absolute atomic E-state index is 11.8. The van der Waals surface area contributed by atoms with Crippen LogP contribution in [0.25, 0.3) is 5.82 Å². The lowest BCUT2D eigenvalue weighted by Gasteiger charge is -2.12. The first-order valence-electron chi connectivity index (χ1n) is 6.20. The monoisotopic (exact) mass is 272 g/mol. The highest BCUT2D eigenvalue weighted by molar-refractivity contribution is 5.93. The molecule has 2 aromatic heterocycles. The van der Waals surface area contributed by atoms with Gasteiger partial charge in [0.15, 0.2) is 5.82 Å². The molecule has 104 valence electrons. The summed E-state index contributed by atoms with van der Waals surface area (Å²) in [5.41, 5.74) is 0.611. The van der Waals surface area contributed by atoms with Crippen molar-refractivity contribution in [2.75, 3.05) is 11.9 Å². The number of carbonyl (C=O) groups excluding carboxylic acids is 1. The molecule has 1 amide bonds. The first-order chi connectivity index (χ1) is 9.70. The molecule has 0 spiro atoms. The lowest BCUT2D eigenvalue weighted by Crippen LogP contribution is -2.27. The third-order valence-electron chi connectivity index (χ3n) is 2.59. The van der Waals surface area contributed by atoms with Crippen molar-refractivity contribution in [1.29, 1.82) is 0 Å². The average Bonchev–Trinajstić information content (AvgIpc) is 2.99. The largest absolute Gasteiger partial charge is 0.365 e. The zero-order valence-electron chi connectivity index (χ0n) is 11.2. The van der Waals surface area contributed by atoms with Crippen molar-refractivity contribution < 1.29 is 9.53 Å². The van der Waals surface area contributed by atoms with Crippen LogP contribution in [0.1, 0.15) is 6.92 Å². The predicted octanol–water partition coefficient (Wildman–Crippen LogP) is 1.80. The van der Waals surface area contributed by atoms with Crippen molar-refractivity contribution in [2.45, 2.75) is 13.0 Å². The Morgan fingerprint density at radius 2 is 2.45 bits per heavy atom. The Morgan fingerprint density at radius 1 is 1.60 bits per heavy atom. The summed E-state index contributed by atoms with van der Waals surface area (Å²) in [7, 11) is 0. The van der Waals surface area contributed by atoms with E-state index in [1.807, 2.05) is 6.07 Å². The number of rotatable bonds is 6. The van der Waals surface area contributed by atoms with Gasteiger partial charge in [-0.15, -0.1) is 6.58 Å². The molecule has 6 heteroatoms. The molecule has 0 radical (unpaired) electrons. The van der Waals surface area contributed by atoms with Crippen LogP contribution in [-0.4, -0.2) is 33.4 Å². The summed E-state index contributed by atoms with van der Waals surface area (Å²) in [6, 6.07) is 5.36. The van der Waals surface area contributed by atoms with Gasteiger partial charge in [0.05, 0.1) is 18.5 Å². The van der Waals surface area contributed by atoms with Crippen LogP contribution in [-0.2, 0) is 9.53 Å². The molecule has 1 atom stereocenters. The number of carbonyl (C=O) groups is 1. The summed E-state index contributed by atoms with van der Waals surface area (Å²) < 4.78 is 6.88. The summed E-state index contributed by atoms with van der Waals surface area (Å²) in [4.78, 5) is 16.0. The SMILES string of the molecule is C=CCO[C@H](C)C(=O)Nc1ccc(-n2cccn2)nc1. The van der Waals surface area contributed by atoms with Gasteiger partial charge in [-0.25, -0.2) is 9.67 Å². The molecule has 0 unspecified atom stereocenters. The zero-order chi connectivity index (χ0) is 14.4. The topological polar surface area (TPSA) is 69.0 Å². The van der Waals surface area contributed by atoms with Gasteiger partial charge in [-0.05, 0) is 25.1 Å². The van der Waals surface area contributed by atoms with Gasteiger partial charge in [0, 0.05) is 12.4 Å². The van der Waals surface area contributed by atoms with Crippen molar-refractivity contribution in [3.8, 4) is 5.82 Å². The number of hydrogen-bond acceptors (Lipinski definition) is 4. The smallest absolute Gasteiger partial charge is 0.253 e. The number of ether oxygens (including phenoxy) is 1. The molecule has 20 heavy (non-hydrogen) atoms. The van der Waals surface area contributed by atoms with Crippen LogP contribution in [0.15, 0.2) is 49.4 Å². The molecule has 0 fully saturated rings. The molecule has 0 aromatic carbocycles. The number of anilines is 1. The van der Waals surface area contributed by atoms with E-state index in [1.165, 1.54) is 0 Å². The van der Waals surface area contributed by atoms with Gasteiger partial charge in [-0.3, -0.25) is 4.79 Å². The van der Waals surface area contributed by atoms with Crippen LogP contribution in [0.3, 0.4) is 0 Å². The third kappa shape index (κ3) is 3.52. The molecule has 6 nitrogen and oxygen atoms in total. The first kappa shape index (κ1) is 14.0. The van der Waals surface area contributed by atoms with Crippen LogP contribution in [0.2, 0.25) is 0 Å². The number of pyridine rings is 1. The number of aromatic nitrogens is 3. The summed E-state index contributed by atoms with van der Waals surface area (Å²) in [5, 5.41) is 6.81. The summed E-state index contributed by atoms with van der Waals surface area (Å²) >= 11 is 0. The molecule has 0 bridgehead atoms. The predicted molar refractivity (Wildman–Crippen MR) is 75.6 cm³/mol. The van der Waals surface area contributed by atoms with Crippen LogP contribution >= 0.6 is 0 Å². The molecule has 0 aliphatic rings. The highest BCUT2D eigenvalue weighted by Crippen LogP contribution is 2.09. The highest BCUT2D eigenvalue weighted by Gasteiger charge is 2.12. The highest BCUT2D eigenvalue weighted by atomic mass is 16.5. The second-order valence-corrected chi connectivity index (χ2v) is 4.11. The van der Waals surface area contributed by atoms with E-state index in [1.54, 1.807) is 48.4 Å². The maximum atomic E-state index is 11.8. The second kappa shape index (κ2) is 6.63. The first-order valence-corrected chi connectivity index (χ1v) is 6.20. The van der Waals surface area contributed by atoms with Gasteiger partial charge < -0.3 is 10.1 Å². The van der Waals surface area contributed by atoms with Crippen molar-refractivity contribution in [3.05, 3.63) is 49.4 Å². The third-order valence-corrected chi connectivity index (χ3v) is 2.59. The summed E-state index contributed by atoms with van der Waals surface area (Å²) in [5.74, 6) is 0.462. The lowest BCUT2D eigenvalue weighted by molar-refractivity contribution is -0.125. The summed E-state index contributed by atoms with van der Waals surface area (Å²) in [6.45, 7) is 5.56. The Hall–Kier alpha value is -2.47. The van der Waals surface area contributed by atoms with Crippen molar-refractivity contribution >= 4 is 11.6 Å². The van der Waals surface area contributed by atoms with Gasteiger partial charge >= 0.3 is 0 Å². The number of hydrogen-bond donors (Lipinski definition) is 1. The van der Waals surface area contributed by atoms with Gasteiger partial charge in [0.25, 0.3) is 5.91 Å².